The normalized spacial score (nSPS) is 11.7. The lowest BCUT2D eigenvalue weighted by Gasteiger charge is -2.17. The van der Waals surface area contributed by atoms with E-state index < -0.39 is 0 Å². The molecule has 0 fully saturated rings. The number of hydrogen-bond donors (Lipinski definition) is 1. The second-order valence-corrected chi connectivity index (χ2v) is 6.02. The van der Waals surface area contributed by atoms with Crippen LogP contribution in [0.4, 0.5) is 0 Å². The highest BCUT2D eigenvalue weighted by Crippen LogP contribution is 2.19. The highest BCUT2D eigenvalue weighted by Gasteiger charge is 2.12. The second-order valence-electron chi connectivity index (χ2n) is 6.02. The molecule has 2 aromatic rings. The molecule has 0 radical (unpaired) electrons. The first-order chi connectivity index (χ1) is 11.4. The maximum absolute atomic E-state index is 12.1. The molecule has 0 aliphatic carbocycles. The van der Waals surface area contributed by atoms with Gasteiger partial charge in [-0.1, -0.05) is 23.8 Å². The Balaban J connectivity index is 1.90. The van der Waals surface area contributed by atoms with Crippen LogP contribution in [0.25, 0.3) is 0 Å². The third kappa shape index (κ3) is 4.69. The Hall–Kier alpha value is -2.62. The van der Waals surface area contributed by atoms with E-state index in [0.717, 1.165) is 11.1 Å². The Labute approximate surface area is 142 Å². The zero-order valence-electron chi connectivity index (χ0n) is 14.6. The van der Waals surface area contributed by atoms with Gasteiger partial charge in [0.1, 0.15) is 5.75 Å². The topological polar surface area (TPSA) is 55.4 Å². The van der Waals surface area contributed by atoms with Gasteiger partial charge in [-0.2, -0.15) is 0 Å². The number of amides is 1. The van der Waals surface area contributed by atoms with Gasteiger partial charge in [0.05, 0.1) is 6.04 Å². The molecule has 2 rings (SSSR count). The Morgan fingerprint density at radius 3 is 2.38 bits per heavy atom. The van der Waals surface area contributed by atoms with E-state index in [1.807, 2.05) is 20.8 Å². The number of nitrogens with one attached hydrogen (secondary N) is 1. The number of ketones is 1. The maximum Gasteiger partial charge on any atom is 0.258 e. The molecule has 0 saturated heterocycles. The van der Waals surface area contributed by atoms with Crippen LogP contribution < -0.4 is 10.1 Å². The number of aryl methyl sites for hydroxylation is 2. The van der Waals surface area contributed by atoms with Gasteiger partial charge in [-0.05, 0) is 63.1 Å². The van der Waals surface area contributed by atoms with Crippen LogP contribution in [-0.2, 0) is 4.79 Å². The summed E-state index contributed by atoms with van der Waals surface area (Å²) < 4.78 is 5.47. The predicted molar refractivity (Wildman–Crippen MR) is 94.4 cm³/mol. The predicted octanol–water partition coefficient (Wildman–Crippen LogP) is 3.76. The average Bonchev–Trinajstić information content (AvgIpc) is 2.55. The molecule has 126 valence electrons. The largest absolute Gasteiger partial charge is 0.484 e. The van der Waals surface area contributed by atoms with Crippen molar-refractivity contribution < 1.29 is 14.3 Å². The lowest BCUT2D eigenvalue weighted by Crippen LogP contribution is -2.31. The van der Waals surface area contributed by atoms with Crippen molar-refractivity contribution in [1.29, 1.82) is 0 Å². The molecule has 0 heterocycles. The highest BCUT2D eigenvalue weighted by atomic mass is 16.5. The summed E-state index contributed by atoms with van der Waals surface area (Å²) in [5, 5.41) is 2.95. The third-order valence-electron chi connectivity index (χ3n) is 3.91. The molecule has 1 unspecified atom stereocenters. The Morgan fingerprint density at radius 2 is 1.75 bits per heavy atom. The molecular formula is C20H23NO3. The quantitative estimate of drug-likeness (QED) is 0.823. The summed E-state index contributed by atoms with van der Waals surface area (Å²) in [5.74, 6) is 0.384. The Kier molecular flexibility index (Phi) is 5.74. The zero-order valence-corrected chi connectivity index (χ0v) is 14.6. The number of benzene rings is 2. The SMILES string of the molecule is CC(=O)c1ccc(OCC(=O)NC(C)c2cc(C)ccc2C)cc1. The molecule has 2 aromatic carbocycles. The number of carbonyl (C=O) groups is 2. The molecule has 4 heteroatoms. The number of rotatable bonds is 6. The maximum atomic E-state index is 12.1. The van der Waals surface area contributed by atoms with Crippen LogP contribution in [0.3, 0.4) is 0 Å². The summed E-state index contributed by atoms with van der Waals surface area (Å²) in [6.45, 7) is 7.48. The minimum atomic E-state index is -0.181. The number of hydrogen-bond acceptors (Lipinski definition) is 3. The van der Waals surface area contributed by atoms with Crippen LogP contribution in [0.5, 0.6) is 5.75 Å². The van der Waals surface area contributed by atoms with Crippen molar-refractivity contribution >= 4 is 11.7 Å². The lowest BCUT2D eigenvalue weighted by atomic mass is 10.00. The van der Waals surface area contributed by atoms with E-state index >= 15 is 0 Å². The van der Waals surface area contributed by atoms with Crippen LogP contribution in [0, 0.1) is 13.8 Å². The summed E-state index contributed by atoms with van der Waals surface area (Å²) in [5.41, 5.74) is 4.04. The van der Waals surface area contributed by atoms with Gasteiger partial charge in [0.2, 0.25) is 0 Å². The molecule has 0 aromatic heterocycles. The van der Waals surface area contributed by atoms with Crippen molar-refractivity contribution in [3.8, 4) is 5.75 Å². The van der Waals surface area contributed by atoms with Gasteiger partial charge in [0, 0.05) is 5.56 Å². The molecule has 0 spiro atoms. The average molecular weight is 325 g/mol. The molecule has 1 amide bonds. The molecule has 0 saturated carbocycles. The monoisotopic (exact) mass is 325 g/mol. The highest BCUT2D eigenvalue weighted by molar-refractivity contribution is 5.94. The van der Waals surface area contributed by atoms with Crippen molar-refractivity contribution in [3.63, 3.8) is 0 Å². The van der Waals surface area contributed by atoms with Crippen LogP contribution in [0.15, 0.2) is 42.5 Å². The van der Waals surface area contributed by atoms with Crippen molar-refractivity contribution in [1.82, 2.24) is 5.32 Å². The summed E-state index contributed by atoms with van der Waals surface area (Å²) in [7, 11) is 0. The molecular weight excluding hydrogens is 302 g/mol. The lowest BCUT2D eigenvalue weighted by molar-refractivity contribution is -0.123. The fraction of sp³-hybridized carbons (Fsp3) is 0.300. The van der Waals surface area contributed by atoms with Crippen LogP contribution in [0.2, 0.25) is 0 Å². The van der Waals surface area contributed by atoms with Crippen molar-refractivity contribution in [2.24, 2.45) is 0 Å². The van der Waals surface area contributed by atoms with Gasteiger partial charge in [0.25, 0.3) is 5.91 Å². The number of ether oxygens (including phenoxy) is 1. The smallest absolute Gasteiger partial charge is 0.258 e. The third-order valence-corrected chi connectivity index (χ3v) is 3.91. The standard InChI is InChI=1S/C20H23NO3/c1-13-5-6-14(2)19(11-13)15(3)21-20(23)12-24-18-9-7-17(8-10-18)16(4)22/h5-11,15H,12H2,1-4H3,(H,21,23). The zero-order chi connectivity index (χ0) is 17.7. The molecule has 0 aliphatic heterocycles. The minimum absolute atomic E-state index is 0.00152. The molecule has 1 atom stereocenters. The molecule has 4 nitrogen and oxygen atoms in total. The fourth-order valence-electron chi connectivity index (χ4n) is 2.52. The van der Waals surface area contributed by atoms with Crippen LogP contribution >= 0.6 is 0 Å². The van der Waals surface area contributed by atoms with E-state index in [1.165, 1.54) is 12.5 Å². The van der Waals surface area contributed by atoms with E-state index in [4.69, 9.17) is 4.74 Å². The summed E-state index contributed by atoms with van der Waals surface area (Å²) >= 11 is 0. The Bertz CT molecular complexity index is 735. The molecule has 0 aliphatic rings. The van der Waals surface area contributed by atoms with Crippen LogP contribution in [-0.4, -0.2) is 18.3 Å². The second kappa shape index (κ2) is 7.77. The summed E-state index contributed by atoms with van der Waals surface area (Å²) in [6, 6.07) is 12.9. The summed E-state index contributed by atoms with van der Waals surface area (Å²) in [4.78, 5) is 23.3. The number of carbonyl (C=O) groups excluding carboxylic acids is 2. The van der Waals surface area contributed by atoms with Gasteiger partial charge in [-0.3, -0.25) is 9.59 Å². The Morgan fingerprint density at radius 1 is 1.08 bits per heavy atom. The van der Waals surface area contributed by atoms with Gasteiger partial charge in [-0.25, -0.2) is 0 Å². The molecule has 0 bridgehead atoms. The summed E-state index contributed by atoms with van der Waals surface area (Å²) in [6.07, 6.45) is 0. The number of Topliss-reactive ketones (excluding diaryl/α,β-unsaturated/α-hetero) is 1. The van der Waals surface area contributed by atoms with Crippen molar-refractivity contribution in [3.05, 3.63) is 64.7 Å². The van der Waals surface area contributed by atoms with Crippen LogP contribution in [0.1, 0.15) is 46.9 Å². The van der Waals surface area contributed by atoms with E-state index in [9.17, 15) is 9.59 Å². The van der Waals surface area contributed by atoms with Gasteiger partial charge in [0.15, 0.2) is 12.4 Å². The molecule has 24 heavy (non-hydrogen) atoms. The van der Waals surface area contributed by atoms with Crippen molar-refractivity contribution in [2.75, 3.05) is 6.61 Å². The fourth-order valence-corrected chi connectivity index (χ4v) is 2.52. The minimum Gasteiger partial charge on any atom is -0.484 e. The van der Waals surface area contributed by atoms with Gasteiger partial charge >= 0.3 is 0 Å². The first-order valence-electron chi connectivity index (χ1n) is 7.97. The first kappa shape index (κ1) is 17.7. The van der Waals surface area contributed by atoms with E-state index in [2.05, 4.69) is 23.5 Å². The van der Waals surface area contributed by atoms with Gasteiger partial charge < -0.3 is 10.1 Å². The van der Waals surface area contributed by atoms with E-state index in [-0.39, 0.29) is 24.3 Å². The molecule has 1 N–H and O–H groups in total. The van der Waals surface area contributed by atoms with Gasteiger partial charge in [-0.15, -0.1) is 0 Å². The first-order valence-corrected chi connectivity index (χ1v) is 7.97. The van der Waals surface area contributed by atoms with E-state index in [1.54, 1.807) is 24.3 Å². The van der Waals surface area contributed by atoms with Crippen molar-refractivity contribution in [2.45, 2.75) is 33.7 Å². The van der Waals surface area contributed by atoms with E-state index in [0.29, 0.717) is 11.3 Å².